The molecule has 2 rings (SSSR count). The van der Waals surface area contributed by atoms with Gasteiger partial charge in [-0.05, 0) is 30.9 Å². The van der Waals surface area contributed by atoms with Crippen LogP contribution in [0, 0.1) is 11.7 Å². The summed E-state index contributed by atoms with van der Waals surface area (Å²) in [6.45, 7) is 0.637. The highest BCUT2D eigenvalue weighted by molar-refractivity contribution is 9.10. The van der Waals surface area contributed by atoms with Gasteiger partial charge in [-0.3, -0.25) is 4.79 Å². The van der Waals surface area contributed by atoms with Crippen molar-refractivity contribution in [1.82, 2.24) is 5.32 Å². The van der Waals surface area contributed by atoms with E-state index in [2.05, 4.69) is 21.2 Å². The lowest BCUT2D eigenvalue weighted by molar-refractivity contribution is -0.123. The predicted molar refractivity (Wildman–Crippen MR) is 65.3 cm³/mol. The quantitative estimate of drug-likeness (QED) is 0.907. The Hall–Kier alpha value is -1.10. The van der Waals surface area contributed by atoms with Gasteiger partial charge in [0.15, 0.2) is 6.61 Å². The van der Waals surface area contributed by atoms with Crippen LogP contribution in [0.25, 0.3) is 0 Å². The number of halogens is 2. The SMILES string of the molecule is O=C(COc1cc(F)cc(Br)c1)NCC1CC1. The highest BCUT2D eigenvalue weighted by atomic mass is 79.9. The molecule has 17 heavy (non-hydrogen) atoms. The van der Waals surface area contributed by atoms with Crippen LogP contribution in [0.5, 0.6) is 5.75 Å². The van der Waals surface area contributed by atoms with Crippen molar-refractivity contribution in [1.29, 1.82) is 0 Å². The molecular weight excluding hydrogens is 289 g/mol. The minimum Gasteiger partial charge on any atom is -0.484 e. The zero-order valence-electron chi connectivity index (χ0n) is 9.21. The molecule has 1 saturated carbocycles. The van der Waals surface area contributed by atoms with Gasteiger partial charge in [0, 0.05) is 17.1 Å². The standard InChI is InChI=1S/C12H13BrFNO2/c13-9-3-10(14)5-11(4-9)17-7-12(16)15-6-8-1-2-8/h3-5,8H,1-2,6-7H2,(H,15,16). The molecule has 0 radical (unpaired) electrons. The fourth-order valence-electron chi connectivity index (χ4n) is 1.39. The van der Waals surface area contributed by atoms with Gasteiger partial charge in [0.25, 0.3) is 5.91 Å². The average molecular weight is 302 g/mol. The van der Waals surface area contributed by atoms with E-state index in [1.54, 1.807) is 6.07 Å². The van der Waals surface area contributed by atoms with Crippen molar-refractivity contribution >= 4 is 21.8 Å². The second-order valence-electron chi connectivity index (χ2n) is 4.14. The smallest absolute Gasteiger partial charge is 0.257 e. The lowest BCUT2D eigenvalue weighted by Crippen LogP contribution is -2.30. The molecular formula is C12H13BrFNO2. The van der Waals surface area contributed by atoms with Gasteiger partial charge in [-0.2, -0.15) is 0 Å². The van der Waals surface area contributed by atoms with Crippen LogP contribution in [0.3, 0.4) is 0 Å². The first kappa shape index (κ1) is 12.4. The molecule has 92 valence electrons. The van der Waals surface area contributed by atoms with Crippen molar-refractivity contribution in [3.63, 3.8) is 0 Å². The molecule has 1 amide bonds. The van der Waals surface area contributed by atoms with Crippen LogP contribution in [0.4, 0.5) is 4.39 Å². The highest BCUT2D eigenvalue weighted by Crippen LogP contribution is 2.27. The third-order valence-electron chi connectivity index (χ3n) is 2.49. The van der Waals surface area contributed by atoms with Gasteiger partial charge in [0.2, 0.25) is 0 Å². The number of benzene rings is 1. The second kappa shape index (κ2) is 5.49. The maximum atomic E-state index is 13.0. The Kier molecular flexibility index (Phi) is 3.99. The van der Waals surface area contributed by atoms with Crippen LogP contribution in [0.15, 0.2) is 22.7 Å². The van der Waals surface area contributed by atoms with Crippen molar-refractivity contribution in [3.05, 3.63) is 28.5 Å². The van der Waals surface area contributed by atoms with E-state index in [1.807, 2.05) is 0 Å². The molecule has 1 aliphatic carbocycles. The Balaban J connectivity index is 1.77. The van der Waals surface area contributed by atoms with Crippen molar-refractivity contribution in [3.8, 4) is 5.75 Å². The fraction of sp³-hybridized carbons (Fsp3) is 0.417. The maximum Gasteiger partial charge on any atom is 0.257 e. The number of nitrogens with one attached hydrogen (secondary N) is 1. The van der Waals surface area contributed by atoms with E-state index < -0.39 is 5.82 Å². The first-order chi connectivity index (χ1) is 8.13. The molecule has 3 nitrogen and oxygen atoms in total. The summed E-state index contributed by atoms with van der Waals surface area (Å²) in [4.78, 5) is 11.4. The normalized spacial score (nSPS) is 14.5. The molecule has 1 aliphatic rings. The highest BCUT2D eigenvalue weighted by Gasteiger charge is 2.21. The lowest BCUT2D eigenvalue weighted by Gasteiger charge is -2.07. The molecule has 1 aromatic rings. The maximum absolute atomic E-state index is 13.0. The molecule has 0 heterocycles. The van der Waals surface area contributed by atoms with Gasteiger partial charge in [-0.1, -0.05) is 15.9 Å². The summed E-state index contributed by atoms with van der Waals surface area (Å²) in [5, 5.41) is 2.77. The largest absolute Gasteiger partial charge is 0.484 e. The first-order valence-corrected chi connectivity index (χ1v) is 6.28. The molecule has 0 spiro atoms. The van der Waals surface area contributed by atoms with Crippen molar-refractivity contribution in [2.75, 3.05) is 13.2 Å². The Labute approximate surface area is 107 Å². The van der Waals surface area contributed by atoms with Crippen LogP contribution in [0.1, 0.15) is 12.8 Å². The van der Waals surface area contributed by atoms with Crippen molar-refractivity contribution in [2.45, 2.75) is 12.8 Å². The van der Waals surface area contributed by atoms with E-state index in [0.717, 1.165) is 6.54 Å². The molecule has 0 atom stereocenters. The number of ether oxygens (including phenoxy) is 1. The molecule has 1 aromatic carbocycles. The van der Waals surface area contributed by atoms with Crippen LogP contribution in [0.2, 0.25) is 0 Å². The van der Waals surface area contributed by atoms with Gasteiger partial charge in [-0.25, -0.2) is 4.39 Å². The Morgan fingerprint density at radius 3 is 2.88 bits per heavy atom. The molecule has 1 N–H and O–H groups in total. The summed E-state index contributed by atoms with van der Waals surface area (Å²) in [5.74, 6) is 0.422. The molecule has 0 aliphatic heterocycles. The molecule has 0 bridgehead atoms. The monoisotopic (exact) mass is 301 g/mol. The van der Waals surface area contributed by atoms with Gasteiger partial charge >= 0.3 is 0 Å². The van der Waals surface area contributed by atoms with E-state index in [1.165, 1.54) is 25.0 Å². The summed E-state index contributed by atoms with van der Waals surface area (Å²) < 4.78 is 18.8. The molecule has 0 saturated heterocycles. The summed E-state index contributed by atoms with van der Waals surface area (Å²) in [6, 6.07) is 4.20. The zero-order valence-corrected chi connectivity index (χ0v) is 10.8. The Bertz CT molecular complexity index is 401. The number of amides is 1. The fourth-order valence-corrected chi connectivity index (χ4v) is 1.84. The topological polar surface area (TPSA) is 38.3 Å². The lowest BCUT2D eigenvalue weighted by atomic mass is 10.3. The van der Waals surface area contributed by atoms with Crippen molar-refractivity contribution < 1.29 is 13.9 Å². The third-order valence-corrected chi connectivity index (χ3v) is 2.95. The van der Waals surface area contributed by atoms with Gasteiger partial charge in [-0.15, -0.1) is 0 Å². The van der Waals surface area contributed by atoms with E-state index in [4.69, 9.17) is 4.74 Å². The Morgan fingerprint density at radius 1 is 1.47 bits per heavy atom. The number of rotatable bonds is 5. The minimum atomic E-state index is -0.396. The zero-order chi connectivity index (χ0) is 12.3. The van der Waals surface area contributed by atoms with Crippen LogP contribution in [-0.2, 0) is 4.79 Å². The van der Waals surface area contributed by atoms with Crippen molar-refractivity contribution in [2.24, 2.45) is 5.92 Å². The van der Waals surface area contributed by atoms with Gasteiger partial charge in [0.1, 0.15) is 11.6 Å². The van der Waals surface area contributed by atoms with E-state index in [9.17, 15) is 9.18 Å². The van der Waals surface area contributed by atoms with Gasteiger partial charge < -0.3 is 10.1 Å². The van der Waals surface area contributed by atoms with E-state index in [-0.39, 0.29) is 12.5 Å². The van der Waals surface area contributed by atoms with Crippen LogP contribution >= 0.6 is 15.9 Å². The number of carbonyl (C=O) groups is 1. The Morgan fingerprint density at radius 2 is 2.24 bits per heavy atom. The third kappa shape index (κ3) is 4.34. The number of hydrogen-bond donors (Lipinski definition) is 1. The molecule has 1 fully saturated rings. The minimum absolute atomic E-state index is 0.0807. The molecule has 5 heteroatoms. The van der Waals surface area contributed by atoms with Crippen LogP contribution in [-0.4, -0.2) is 19.1 Å². The second-order valence-corrected chi connectivity index (χ2v) is 5.06. The molecule has 0 aromatic heterocycles. The molecule has 0 unspecified atom stereocenters. The van der Waals surface area contributed by atoms with Crippen LogP contribution < -0.4 is 10.1 Å². The summed E-state index contributed by atoms with van der Waals surface area (Å²) in [5.41, 5.74) is 0. The van der Waals surface area contributed by atoms with E-state index >= 15 is 0 Å². The number of hydrogen-bond acceptors (Lipinski definition) is 2. The summed E-state index contributed by atoms with van der Waals surface area (Å²) in [6.07, 6.45) is 2.38. The number of carbonyl (C=O) groups excluding carboxylic acids is 1. The summed E-state index contributed by atoms with van der Waals surface area (Å²) >= 11 is 3.16. The predicted octanol–water partition coefficient (Wildman–Crippen LogP) is 2.49. The summed E-state index contributed by atoms with van der Waals surface area (Å²) in [7, 11) is 0. The van der Waals surface area contributed by atoms with Gasteiger partial charge in [0.05, 0.1) is 0 Å². The van der Waals surface area contributed by atoms with E-state index in [0.29, 0.717) is 16.1 Å². The first-order valence-electron chi connectivity index (χ1n) is 5.49. The average Bonchev–Trinajstić information content (AvgIpc) is 3.06.